The number of hydrogen-bond donors (Lipinski definition) is 0. The molecule has 1 fully saturated rings. The molecule has 1 aliphatic rings. The molecule has 2 aromatic heterocycles. The van der Waals surface area contributed by atoms with E-state index in [-0.39, 0.29) is 5.91 Å². The summed E-state index contributed by atoms with van der Waals surface area (Å²) in [6.07, 6.45) is 5.55. The summed E-state index contributed by atoms with van der Waals surface area (Å²) in [6.45, 7) is 0.547. The van der Waals surface area contributed by atoms with Gasteiger partial charge in [-0.3, -0.25) is 9.78 Å². The molecule has 1 amide bonds. The normalized spacial score (nSPS) is 14.1. The van der Waals surface area contributed by atoms with Crippen molar-refractivity contribution in [2.24, 2.45) is 0 Å². The monoisotopic (exact) mass is 331 g/mol. The second kappa shape index (κ2) is 5.71. The van der Waals surface area contributed by atoms with Crippen molar-refractivity contribution >= 4 is 21.8 Å². The Morgan fingerprint density at radius 1 is 1.20 bits per heavy atom. The zero-order valence-corrected chi connectivity index (χ0v) is 12.5. The lowest BCUT2D eigenvalue weighted by atomic mass is 10.2. The van der Waals surface area contributed by atoms with Crippen LogP contribution < -0.4 is 0 Å². The first-order valence-electron chi connectivity index (χ1n) is 6.57. The van der Waals surface area contributed by atoms with Gasteiger partial charge in [0.1, 0.15) is 4.60 Å². The van der Waals surface area contributed by atoms with E-state index in [9.17, 15) is 4.79 Å². The molecule has 0 atom stereocenters. The van der Waals surface area contributed by atoms with Gasteiger partial charge in [-0.1, -0.05) is 6.07 Å². The van der Waals surface area contributed by atoms with Crippen LogP contribution >= 0.6 is 15.9 Å². The average molecular weight is 332 g/mol. The third-order valence-corrected chi connectivity index (χ3v) is 3.93. The van der Waals surface area contributed by atoms with E-state index in [0.717, 1.165) is 18.5 Å². The fraction of sp³-hybridized carbons (Fsp3) is 0.267. The predicted molar refractivity (Wildman–Crippen MR) is 79.1 cm³/mol. The third-order valence-electron chi connectivity index (χ3n) is 3.30. The number of carbonyl (C=O) groups excluding carboxylic acids is 1. The van der Waals surface area contributed by atoms with Crippen molar-refractivity contribution in [1.82, 2.24) is 14.9 Å². The Hall–Kier alpha value is -1.75. The van der Waals surface area contributed by atoms with Crippen LogP contribution in [-0.2, 0) is 6.54 Å². The highest BCUT2D eigenvalue weighted by molar-refractivity contribution is 9.10. The molecular weight excluding hydrogens is 318 g/mol. The zero-order chi connectivity index (χ0) is 13.9. The summed E-state index contributed by atoms with van der Waals surface area (Å²) < 4.78 is 0.594. The molecule has 5 heteroatoms. The van der Waals surface area contributed by atoms with Crippen LogP contribution in [0.3, 0.4) is 0 Å². The van der Waals surface area contributed by atoms with Gasteiger partial charge in [0.25, 0.3) is 5.91 Å². The molecule has 0 aliphatic heterocycles. The number of aromatic nitrogens is 2. The Morgan fingerprint density at radius 3 is 2.65 bits per heavy atom. The number of halogens is 1. The van der Waals surface area contributed by atoms with Gasteiger partial charge in [0, 0.05) is 18.4 Å². The van der Waals surface area contributed by atoms with E-state index in [1.807, 2.05) is 23.1 Å². The van der Waals surface area contributed by atoms with Gasteiger partial charge in [0.05, 0.1) is 17.8 Å². The van der Waals surface area contributed by atoms with Crippen LogP contribution in [0.25, 0.3) is 0 Å². The van der Waals surface area contributed by atoms with E-state index in [1.165, 1.54) is 0 Å². The molecule has 0 aromatic carbocycles. The Labute approximate surface area is 126 Å². The highest BCUT2D eigenvalue weighted by atomic mass is 79.9. The van der Waals surface area contributed by atoms with Gasteiger partial charge in [-0.25, -0.2) is 4.98 Å². The summed E-state index contributed by atoms with van der Waals surface area (Å²) in [7, 11) is 0. The van der Waals surface area contributed by atoms with E-state index in [2.05, 4.69) is 25.9 Å². The van der Waals surface area contributed by atoms with E-state index in [1.54, 1.807) is 24.5 Å². The summed E-state index contributed by atoms with van der Waals surface area (Å²) in [5.74, 6) is 0.0122. The van der Waals surface area contributed by atoms with E-state index in [4.69, 9.17) is 0 Å². The lowest BCUT2D eigenvalue weighted by molar-refractivity contribution is 0.0726. The lowest BCUT2D eigenvalue weighted by Crippen LogP contribution is -2.33. The molecule has 0 unspecified atom stereocenters. The molecule has 0 spiro atoms. The molecule has 3 rings (SSSR count). The molecule has 102 valence electrons. The third kappa shape index (κ3) is 2.88. The summed E-state index contributed by atoms with van der Waals surface area (Å²) >= 11 is 3.35. The van der Waals surface area contributed by atoms with Crippen molar-refractivity contribution in [2.75, 3.05) is 0 Å². The van der Waals surface area contributed by atoms with Gasteiger partial charge in [-0.05, 0) is 53.0 Å². The largest absolute Gasteiger partial charge is 0.330 e. The van der Waals surface area contributed by atoms with Gasteiger partial charge < -0.3 is 4.90 Å². The van der Waals surface area contributed by atoms with Crippen molar-refractivity contribution < 1.29 is 4.79 Å². The molecule has 20 heavy (non-hydrogen) atoms. The number of pyridine rings is 2. The number of carbonyl (C=O) groups is 1. The Kier molecular flexibility index (Phi) is 3.78. The van der Waals surface area contributed by atoms with E-state index < -0.39 is 0 Å². The quantitative estimate of drug-likeness (QED) is 0.809. The van der Waals surface area contributed by atoms with Gasteiger partial charge in [-0.2, -0.15) is 0 Å². The standard InChI is InChI=1S/C15H14BrN3O/c16-14-13(5-3-9-18-14)15(20)19(12-6-7-12)10-11-4-1-2-8-17-11/h1-5,8-9,12H,6-7,10H2. The van der Waals surface area contributed by atoms with Gasteiger partial charge in [0.2, 0.25) is 0 Å². The number of amides is 1. The molecule has 0 saturated heterocycles. The minimum Gasteiger partial charge on any atom is -0.330 e. The molecule has 0 radical (unpaired) electrons. The highest BCUT2D eigenvalue weighted by Crippen LogP contribution is 2.30. The maximum Gasteiger partial charge on any atom is 0.257 e. The lowest BCUT2D eigenvalue weighted by Gasteiger charge is -2.22. The van der Waals surface area contributed by atoms with Crippen LogP contribution in [0.5, 0.6) is 0 Å². The van der Waals surface area contributed by atoms with Crippen LogP contribution in [0, 0.1) is 0 Å². The maximum atomic E-state index is 12.7. The Balaban J connectivity index is 1.84. The fourth-order valence-corrected chi connectivity index (χ4v) is 2.54. The van der Waals surface area contributed by atoms with Gasteiger partial charge in [-0.15, -0.1) is 0 Å². The summed E-state index contributed by atoms with van der Waals surface area (Å²) in [6, 6.07) is 9.68. The minimum atomic E-state index is 0.0122. The molecular formula is C15H14BrN3O. The van der Waals surface area contributed by atoms with Crippen molar-refractivity contribution in [3.05, 3.63) is 58.6 Å². The predicted octanol–water partition coefficient (Wildman–Crippen LogP) is 3.04. The second-order valence-electron chi connectivity index (χ2n) is 4.83. The second-order valence-corrected chi connectivity index (χ2v) is 5.58. The van der Waals surface area contributed by atoms with Crippen LogP contribution in [0.1, 0.15) is 28.9 Å². The topological polar surface area (TPSA) is 46.1 Å². The fourth-order valence-electron chi connectivity index (χ4n) is 2.12. The smallest absolute Gasteiger partial charge is 0.257 e. The molecule has 1 saturated carbocycles. The molecule has 2 aromatic rings. The summed E-state index contributed by atoms with van der Waals surface area (Å²) in [5, 5.41) is 0. The van der Waals surface area contributed by atoms with Crippen LogP contribution in [0.4, 0.5) is 0 Å². The summed E-state index contributed by atoms with van der Waals surface area (Å²) in [5.41, 5.74) is 1.52. The van der Waals surface area contributed by atoms with Crippen LogP contribution in [-0.4, -0.2) is 26.8 Å². The van der Waals surface area contributed by atoms with E-state index >= 15 is 0 Å². The minimum absolute atomic E-state index is 0.0122. The van der Waals surface area contributed by atoms with Crippen molar-refractivity contribution in [3.63, 3.8) is 0 Å². The Morgan fingerprint density at radius 2 is 2.00 bits per heavy atom. The Bertz CT molecular complexity index is 614. The first-order chi connectivity index (χ1) is 9.75. The number of hydrogen-bond acceptors (Lipinski definition) is 3. The molecule has 0 bridgehead atoms. The maximum absolute atomic E-state index is 12.7. The molecule has 0 N–H and O–H groups in total. The van der Waals surface area contributed by atoms with Crippen LogP contribution in [0.15, 0.2) is 47.3 Å². The van der Waals surface area contributed by atoms with Crippen molar-refractivity contribution in [3.8, 4) is 0 Å². The molecule has 2 heterocycles. The van der Waals surface area contributed by atoms with Gasteiger partial charge >= 0.3 is 0 Å². The number of rotatable bonds is 4. The first-order valence-corrected chi connectivity index (χ1v) is 7.36. The molecule has 1 aliphatic carbocycles. The van der Waals surface area contributed by atoms with Crippen molar-refractivity contribution in [1.29, 1.82) is 0 Å². The first kappa shape index (κ1) is 13.2. The van der Waals surface area contributed by atoms with Crippen LogP contribution in [0.2, 0.25) is 0 Å². The summed E-state index contributed by atoms with van der Waals surface area (Å²) in [4.78, 5) is 23.0. The highest BCUT2D eigenvalue weighted by Gasteiger charge is 2.34. The zero-order valence-electron chi connectivity index (χ0n) is 10.9. The van der Waals surface area contributed by atoms with Crippen molar-refractivity contribution in [2.45, 2.75) is 25.4 Å². The number of nitrogens with zero attached hydrogens (tertiary/aromatic N) is 3. The van der Waals surface area contributed by atoms with Gasteiger partial charge in [0.15, 0.2) is 0 Å². The molecule has 4 nitrogen and oxygen atoms in total. The van der Waals surface area contributed by atoms with E-state index in [0.29, 0.717) is 22.8 Å². The SMILES string of the molecule is O=C(c1cccnc1Br)N(Cc1ccccn1)C1CC1. The average Bonchev–Trinajstić information content (AvgIpc) is 3.30.